The van der Waals surface area contributed by atoms with E-state index in [-0.39, 0.29) is 18.1 Å². The highest BCUT2D eigenvalue weighted by Gasteiger charge is 2.15. The van der Waals surface area contributed by atoms with E-state index >= 15 is 0 Å². The number of carboxylic acid groups (broad SMARTS) is 1. The van der Waals surface area contributed by atoms with Crippen LogP contribution in [0.1, 0.15) is 42.7 Å². The van der Waals surface area contributed by atoms with Gasteiger partial charge in [0.05, 0.1) is 11.2 Å². The Labute approximate surface area is 147 Å². The maximum absolute atomic E-state index is 12.2. The van der Waals surface area contributed by atoms with Crippen molar-refractivity contribution in [3.05, 3.63) is 68.9 Å². The van der Waals surface area contributed by atoms with Crippen molar-refractivity contribution in [2.75, 3.05) is 0 Å². The monoisotopic (exact) mass is 356 g/mol. The Morgan fingerprint density at radius 3 is 2.76 bits per heavy atom. The number of hydrogen-bond donors (Lipinski definition) is 3. The largest absolute Gasteiger partial charge is 0.477 e. The molecule has 0 aliphatic carbocycles. The van der Waals surface area contributed by atoms with Gasteiger partial charge in [0, 0.05) is 23.9 Å². The second-order valence-electron chi connectivity index (χ2n) is 5.55. The minimum absolute atomic E-state index is 0.0290. The predicted octanol–water partition coefficient (Wildman–Crippen LogP) is 2.39. The summed E-state index contributed by atoms with van der Waals surface area (Å²) in [5.41, 5.74) is 3.04. The molecule has 0 bridgehead atoms. The molecule has 1 aromatic carbocycles. The fourth-order valence-electron chi connectivity index (χ4n) is 2.27. The molecule has 1 amide bonds. The van der Waals surface area contributed by atoms with Gasteiger partial charge in [-0.15, -0.1) is 11.3 Å². The van der Waals surface area contributed by atoms with Crippen molar-refractivity contribution < 1.29 is 14.7 Å². The second kappa shape index (κ2) is 7.27. The number of amides is 1. The number of aromatic carboxylic acids is 1. The zero-order chi connectivity index (χ0) is 17.8. The van der Waals surface area contributed by atoms with Crippen molar-refractivity contribution in [2.45, 2.75) is 19.9 Å². The summed E-state index contributed by atoms with van der Waals surface area (Å²) in [5.74, 6) is -1.46. The molecule has 8 heteroatoms. The lowest BCUT2D eigenvalue weighted by Crippen LogP contribution is -2.24. The molecular formula is C17H16N4O3S. The first kappa shape index (κ1) is 16.8. The van der Waals surface area contributed by atoms with Crippen molar-refractivity contribution in [3.63, 3.8) is 0 Å². The summed E-state index contributed by atoms with van der Waals surface area (Å²) in [5, 5.41) is 20.3. The maximum Gasteiger partial charge on any atom is 0.354 e. The number of benzene rings is 1. The highest BCUT2D eigenvalue weighted by molar-refractivity contribution is 7.09. The standard InChI is InChI=1S/C17H16N4O3S/c1-10-2-4-11(5-3-10)6-14-20-13(9-25-14)16(22)18-7-12-8-19-21-15(12)17(23)24/h2-5,8-9H,6-7H2,1H3,(H,18,22)(H,19,21)(H,23,24). The number of rotatable bonds is 6. The molecule has 2 aromatic heterocycles. The average Bonchev–Trinajstić information content (AvgIpc) is 3.24. The molecule has 3 aromatic rings. The van der Waals surface area contributed by atoms with Gasteiger partial charge in [0.25, 0.3) is 5.91 Å². The summed E-state index contributed by atoms with van der Waals surface area (Å²) in [4.78, 5) is 27.5. The number of thiazole rings is 1. The van der Waals surface area contributed by atoms with Gasteiger partial charge in [-0.3, -0.25) is 9.89 Å². The fourth-order valence-corrected chi connectivity index (χ4v) is 3.08. The first-order chi connectivity index (χ1) is 12.0. The van der Waals surface area contributed by atoms with Crippen LogP contribution in [0.25, 0.3) is 0 Å². The molecule has 25 heavy (non-hydrogen) atoms. The van der Waals surface area contributed by atoms with Gasteiger partial charge in [-0.2, -0.15) is 5.10 Å². The summed E-state index contributed by atoms with van der Waals surface area (Å²) in [6.45, 7) is 2.10. The highest BCUT2D eigenvalue weighted by Crippen LogP contribution is 2.15. The van der Waals surface area contributed by atoms with Crippen LogP contribution in [0.15, 0.2) is 35.8 Å². The minimum atomic E-state index is -1.12. The van der Waals surface area contributed by atoms with Gasteiger partial charge < -0.3 is 10.4 Å². The van der Waals surface area contributed by atoms with Crippen molar-refractivity contribution in [1.29, 1.82) is 0 Å². The first-order valence-corrected chi connectivity index (χ1v) is 8.44. The molecule has 2 heterocycles. The van der Waals surface area contributed by atoms with Crippen molar-refractivity contribution in [2.24, 2.45) is 0 Å². The molecule has 0 fully saturated rings. The molecule has 0 saturated carbocycles. The van der Waals surface area contributed by atoms with E-state index in [1.54, 1.807) is 5.38 Å². The van der Waals surface area contributed by atoms with Crippen LogP contribution in [0.4, 0.5) is 0 Å². The van der Waals surface area contributed by atoms with Crippen LogP contribution in [0.2, 0.25) is 0 Å². The Kier molecular flexibility index (Phi) is 4.90. The summed E-state index contributed by atoms with van der Waals surface area (Å²) in [6, 6.07) is 8.18. The van der Waals surface area contributed by atoms with Crippen LogP contribution in [-0.4, -0.2) is 32.2 Å². The van der Waals surface area contributed by atoms with Gasteiger partial charge in [-0.05, 0) is 12.5 Å². The molecule has 0 aliphatic heterocycles. The number of carboxylic acids is 1. The number of carbonyl (C=O) groups is 2. The predicted molar refractivity (Wildman–Crippen MR) is 92.8 cm³/mol. The van der Waals surface area contributed by atoms with Crippen LogP contribution < -0.4 is 5.32 Å². The van der Waals surface area contributed by atoms with E-state index in [2.05, 4.69) is 20.5 Å². The quantitative estimate of drug-likeness (QED) is 0.628. The van der Waals surface area contributed by atoms with Gasteiger partial charge in [0.2, 0.25) is 0 Å². The number of hydrogen-bond acceptors (Lipinski definition) is 5. The molecular weight excluding hydrogens is 340 g/mol. The SMILES string of the molecule is Cc1ccc(Cc2nc(C(=O)NCc3cn[nH]c3C(=O)O)cs2)cc1. The lowest BCUT2D eigenvalue weighted by Gasteiger charge is -2.02. The molecule has 0 saturated heterocycles. The molecule has 0 spiro atoms. The lowest BCUT2D eigenvalue weighted by molar-refractivity contribution is 0.0688. The fraction of sp³-hybridized carbons (Fsp3) is 0.176. The molecule has 7 nitrogen and oxygen atoms in total. The van der Waals surface area contributed by atoms with Gasteiger partial charge in [0.1, 0.15) is 11.4 Å². The number of aromatic nitrogens is 3. The summed E-state index contributed by atoms with van der Waals surface area (Å²) >= 11 is 1.42. The molecule has 0 radical (unpaired) electrons. The van der Waals surface area contributed by atoms with Gasteiger partial charge in [-0.1, -0.05) is 29.8 Å². The molecule has 128 valence electrons. The third-order valence-electron chi connectivity index (χ3n) is 3.63. The number of nitrogens with zero attached hydrogens (tertiary/aromatic N) is 2. The maximum atomic E-state index is 12.2. The van der Waals surface area contributed by atoms with Gasteiger partial charge in [0.15, 0.2) is 0 Å². The lowest BCUT2D eigenvalue weighted by atomic mass is 10.1. The Morgan fingerprint density at radius 1 is 1.28 bits per heavy atom. The second-order valence-corrected chi connectivity index (χ2v) is 6.49. The Bertz CT molecular complexity index is 899. The van der Waals surface area contributed by atoms with E-state index in [9.17, 15) is 9.59 Å². The molecule has 3 rings (SSSR count). The normalized spacial score (nSPS) is 10.6. The summed E-state index contributed by atoms with van der Waals surface area (Å²) < 4.78 is 0. The van der Waals surface area contributed by atoms with Crippen LogP contribution in [0.3, 0.4) is 0 Å². The molecule has 3 N–H and O–H groups in total. The molecule has 0 unspecified atom stereocenters. The van der Waals surface area contributed by atoms with E-state index in [0.29, 0.717) is 17.7 Å². The average molecular weight is 356 g/mol. The third-order valence-corrected chi connectivity index (χ3v) is 4.48. The Balaban J connectivity index is 1.61. The Morgan fingerprint density at radius 2 is 2.04 bits per heavy atom. The van der Waals surface area contributed by atoms with E-state index in [1.165, 1.54) is 23.1 Å². The summed E-state index contributed by atoms with van der Waals surface area (Å²) in [7, 11) is 0. The Hall–Kier alpha value is -3.00. The van der Waals surface area contributed by atoms with E-state index in [1.807, 2.05) is 31.2 Å². The summed E-state index contributed by atoms with van der Waals surface area (Å²) in [6.07, 6.45) is 2.05. The third kappa shape index (κ3) is 4.10. The van der Waals surface area contributed by atoms with E-state index in [0.717, 1.165) is 10.6 Å². The van der Waals surface area contributed by atoms with Crippen LogP contribution in [0, 0.1) is 6.92 Å². The smallest absolute Gasteiger partial charge is 0.354 e. The van der Waals surface area contributed by atoms with Crippen LogP contribution in [-0.2, 0) is 13.0 Å². The van der Waals surface area contributed by atoms with Crippen molar-refractivity contribution >= 4 is 23.2 Å². The number of H-pyrrole nitrogens is 1. The van der Waals surface area contributed by atoms with E-state index < -0.39 is 5.97 Å². The van der Waals surface area contributed by atoms with E-state index in [4.69, 9.17) is 5.11 Å². The minimum Gasteiger partial charge on any atom is -0.477 e. The van der Waals surface area contributed by atoms with Crippen molar-refractivity contribution in [3.8, 4) is 0 Å². The van der Waals surface area contributed by atoms with Crippen molar-refractivity contribution in [1.82, 2.24) is 20.5 Å². The van der Waals surface area contributed by atoms with Gasteiger partial charge >= 0.3 is 5.97 Å². The zero-order valence-electron chi connectivity index (χ0n) is 13.4. The topological polar surface area (TPSA) is 108 Å². The van der Waals surface area contributed by atoms with Crippen LogP contribution >= 0.6 is 11.3 Å². The first-order valence-electron chi connectivity index (χ1n) is 7.56. The number of aryl methyl sites for hydroxylation is 1. The molecule has 0 atom stereocenters. The highest BCUT2D eigenvalue weighted by atomic mass is 32.1. The number of carbonyl (C=O) groups excluding carboxylic acids is 1. The van der Waals surface area contributed by atoms with Gasteiger partial charge in [-0.25, -0.2) is 9.78 Å². The zero-order valence-corrected chi connectivity index (χ0v) is 14.3. The van der Waals surface area contributed by atoms with Crippen LogP contribution in [0.5, 0.6) is 0 Å². The number of aromatic amines is 1. The molecule has 0 aliphatic rings. The number of nitrogens with one attached hydrogen (secondary N) is 2.